The van der Waals surface area contributed by atoms with Crippen LogP contribution < -0.4 is 4.74 Å². The second-order valence-electron chi connectivity index (χ2n) is 8.13. The molecule has 180 valence electrons. The van der Waals surface area contributed by atoms with Gasteiger partial charge < -0.3 is 9.64 Å². The van der Waals surface area contributed by atoms with Crippen LogP contribution in [0.5, 0.6) is 5.88 Å². The van der Waals surface area contributed by atoms with Crippen molar-refractivity contribution in [2.24, 2.45) is 0 Å². The fourth-order valence-corrected chi connectivity index (χ4v) is 4.30. The lowest BCUT2D eigenvalue weighted by Crippen LogP contribution is -2.49. The molecule has 0 saturated carbocycles. The maximum Gasteiger partial charge on any atom is 0.265 e. The Labute approximate surface area is 198 Å². The predicted octanol–water partition coefficient (Wildman–Crippen LogP) is 2.64. The molecule has 3 rings (SSSR count). The largest absolute Gasteiger partial charge is 0.467 e. The maximum atomic E-state index is 13.7. The number of nitrogens with zero attached hydrogens (tertiary/aromatic N) is 3. The van der Waals surface area contributed by atoms with Gasteiger partial charge in [-0.05, 0) is 49.1 Å². The molecule has 0 unspecified atom stereocenters. The second kappa shape index (κ2) is 10.8. The van der Waals surface area contributed by atoms with Gasteiger partial charge in [0, 0.05) is 44.5 Å². The molecule has 33 heavy (non-hydrogen) atoms. The van der Waals surface area contributed by atoms with E-state index in [2.05, 4.69) is 9.88 Å². The molecule has 1 fully saturated rings. The summed E-state index contributed by atoms with van der Waals surface area (Å²) >= 11 is 5.92. The maximum absolute atomic E-state index is 13.7. The number of hydrogen-bond acceptors (Lipinski definition) is 6. The molecule has 0 spiro atoms. The first kappa shape index (κ1) is 25.4. The van der Waals surface area contributed by atoms with Crippen molar-refractivity contribution in [3.63, 3.8) is 0 Å². The molecule has 0 radical (unpaired) electrons. The molecule has 11 heteroatoms. The fraction of sp³-hybridized carbons (Fsp3) is 0.455. The topological polar surface area (TPSA) is 100 Å². The number of rotatable bonds is 8. The highest BCUT2D eigenvalue weighted by atomic mass is 35.5. The zero-order chi connectivity index (χ0) is 24.2. The van der Waals surface area contributed by atoms with Crippen LogP contribution in [0.4, 0.5) is 4.39 Å². The van der Waals surface area contributed by atoms with E-state index in [9.17, 15) is 17.6 Å². The average Bonchev–Trinajstić information content (AvgIpc) is 2.75. The van der Waals surface area contributed by atoms with Crippen LogP contribution in [-0.2, 0) is 27.9 Å². The quantitative estimate of drug-likeness (QED) is 0.557. The lowest BCUT2D eigenvalue weighted by atomic mass is 10.0. The van der Waals surface area contributed by atoms with Gasteiger partial charge in [0.25, 0.3) is 16.0 Å². The van der Waals surface area contributed by atoms with Crippen molar-refractivity contribution in [3.05, 3.63) is 57.5 Å². The number of benzene rings is 1. The van der Waals surface area contributed by atoms with E-state index < -0.39 is 15.9 Å². The highest BCUT2D eigenvalue weighted by molar-refractivity contribution is 7.85. The van der Waals surface area contributed by atoms with E-state index in [-0.39, 0.29) is 30.6 Å². The zero-order valence-corrected chi connectivity index (χ0v) is 20.1. The van der Waals surface area contributed by atoms with Gasteiger partial charge in [-0.15, -0.1) is 0 Å². The van der Waals surface area contributed by atoms with Gasteiger partial charge in [-0.2, -0.15) is 8.42 Å². The third-order valence-electron chi connectivity index (χ3n) is 5.59. The molecule has 1 N–H and O–H groups in total. The number of carbonyl (C=O) groups is 1. The van der Waals surface area contributed by atoms with E-state index in [4.69, 9.17) is 20.9 Å². The van der Waals surface area contributed by atoms with E-state index in [1.165, 1.54) is 12.3 Å². The molecule has 1 aliphatic heterocycles. The predicted molar refractivity (Wildman–Crippen MR) is 123 cm³/mol. The number of amides is 1. The number of aromatic nitrogens is 1. The van der Waals surface area contributed by atoms with Crippen molar-refractivity contribution in [1.82, 2.24) is 14.8 Å². The smallest absolute Gasteiger partial charge is 0.265 e. The Kier molecular flexibility index (Phi) is 8.28. The van der Waals surface area contributed by atoms with Gasteiger partial charge in [-0.3, -0.25) is 14.2 Å². The number of carbonyl (C=O) groups excluding carboxylic acids is 1. The summed E-state index contributed by atoms with van der Waals surface area (Å²) in [5.74, 6) is -0.810. The molecule has 1 amide bonds. The van der Waals surface area contributed by atoms with Crippen LogP contribution in [0.15, 0.2) is 24.4 Å². The molecule has 0 aliphatic carbocycles. The van der Waals surface area contributed by atoms with Crippen molar-refractivity contribution in [3.8, 4) is 5.88 Å². The SMILES string of the molecule is Cc1cc(CN2CCN(C(=O)COc3ncc(Cl)cc3CCS(=O)(=O)O)CC2)c(C)cc1F. The summed E-state index contributed by atoms with van der Waals surface area (Å²) in [7, 11) is -4.16. The molecule has 2 aromatic rings. The van der Waals surface area contributed by atoms with Gasteiger partial charge in [0.1, 0.15) is 5.82 Å². The summed E-state index contributed by atoms with van der Waals surface area (Å²) in [5, 5.41) is 0.293. The average molecular weight is 500 g/mol. The third-order valence-corrected chi connectivity index (χ3v) is 6.52. The number of hydrogen-bond donors (Lipinski definition) is 1. The Balaban J connectivity index is 1.52. The zero-order valence-electron chi connectivity index (χ0n) is 18.6. The standard InChI is InChI=1S/C22H27ClFN3O5S/c1-15-10-20(24)16(2)9-18(15)13-26-4-6-27(7-5-26)21(28)14-32-22-17(3-8-33(29,30)31)11-19(23)12-25-22/h9-12H,3-8,13-14H2,1-2H3,(H,29,30,31). The van der Waals surface area contributed by atoms with Gasteiger partial charge in [0.2, 0.25) is 5.88 Å². The van der Waals surface area contributed by atoms with E-state index in [1.54, 1.807) is 17.9 Å². The second-order valence-corrected chi connectivity index (χ2v) is 10.1. The van der Waals surface area contributed by atoms with E-state index in [0.717, 1.165) is 11.1 Å². The van der Waals surface area contributed by atoms with Crippen LogP contribution in [0.2, 0.25) is 5.02 Å². The van der Waals surface area contributed by atoms with Crippen molar-refractivity contribution in [1.29, 1.82) is 0 Å². The molecule has 0 bridgehead atoms. The number of piperazine rings is 1. The molecule has 2 heterocycles. The Morgan fingerprint density at radius 3 is 2.52 bits per heavy atom. The monoisotopic (exact) mass is 499 g/mol. The van der Waals surface area contributed by atoms with Crippen LogP contribution in [-0.4, -0.2) is 72.2 Å². The Morgan fingerprint density at radius 1 is 1.15 bits per heavy atom. The molecule has 0 atom stereocenters. The number of pyridine rings is 1. The molecular formula is C22H27ClFN3O5S. The lowest BCUT2D eigenvalue weighted by Gasteiger charge is -2.35. The molecule has 8 nitrogen and oxygen atoms in total. The first-order chi connectivity index (χ1) is 15.5. The molecule has 1 aliphatic rings. The van der Waals surface area contributed by atoms with E-state index >= 15 is 0 Å². The van der Waals surface area contributed by atoms with Gasteiger partial charge in [0.05, 0.1) is 10.8 Å². The van der Waals surface area contributed by atoms with E-state index in [1.807, 2.05) is 13.0 Å². The minimum absolute atomic E-state index is 0.0448. The Bertz CT molecular complexity index is 1120. The van der Waals surface area contributed by atoms with Crippen molar-refractivity contribution in [2.75, 3.05) is 38.5 Å². The summed E-state index contributed by atoms with van der Waals surface area (Å²) in [4.78, 5) is 20.6. The Hall–Kier alpha value is -2.27. The molecule has 1 aromatic carbocycles. The summed E-state index contributed by atoms with van der Waals surface area (Å²) in [6.07, 6.45) is 1.30. The van der Waals surface area contributed by atoms with Crippen molar-refractivity contribution < 1.29 is 26.9 Å². The van der Waals surface area contributed by atoms with Crippen molar-refractivity contribution >= 4 is 27.6 Å². The minimum Gasteiger partial charge on any atom is -0.467 e. The van der Waals surface area contributed by atoms with Gasteiger partial charge in [0.15, 0.2) is 6.61 Å². The van der Waals surface area contributed by atoms with Crippen LogP contribution in [0.1, 0.15) is 22.3 Å². The highest BCUT2D eigenvalue weighted by Gasteiger charge is 2.23. The lowest BCUT2D eigenvalue weighted by molar-refractivity contribution is -0.135. The van der Waals surface area contributed by atoms with Crippen LogP contribution >= 0.6 is 11.6 Å². The number of ether oxygens (including phenoxy) is 1. The van der Waals surface area contributed by atoms with Crippen LogP contribution in [0, 0.1) is 19.7 Å². The van der Waals surface area contributed by atoms with E-state index in [0.29, 0.717) is 48.9 Å². The van der Waals surface area contributed by atoms with Crippen LogP contribution in [0.3, 0.4) is 0 Å². The number of aryl methyl sites for hydroxylation is 3. The minimum atomic E-state index is -4.16. The fourth-order valence-electron chi connectivity index (χ4n) is 3.65. The first-order valence-electron chi connectivity index (χ1n) is 10.5. The van der Waals surface area contributed by atoms with Gasteiger partial charge in [-0.1, -0.05) is 17.7 Å². The Morgan fingerprint density at radius 2 is 1.85 bits per heavy atom. The van der Waals surface area contributed by atoms with Crippen molar-refractivity contribution in [2.45, 2.75) is 26.8 Å². The molecule has 1 saturated heterocycles. The summed E-state index contributed by atoms with van der Waals surface area (Å²) < 4.78 is 50.3. The van der Waals surface area contributed by atoms with Gasteiger partial charge in [-0.25, -0.2) is 9.37 Å². The summed E-state index contributed by atoms with van der Waals surface area (Å²) in [6, 6.07) is 4.92. The summed E-state index contributed by atoms with van der Waals surface area (Å²) in [5.41, 5.74) is 2.99. The number of halogens is 2. The normalized spacial score (nSPS) is 15.0. The third kappa shape index (κ3) is 7.36. The van der Waals surface area contributed by atoms with Crippen LogP contribution in [0.25, 0.3) is 0 Å². The molecular weight excluding hydrogens is 473 g/mol. The first-order valence-corrected chi connectivity index (χ1v) is 12.5. The van der Waals surface area contributed by atoms with Gasteiger partial charge >= 0.3 is 0 Å². The molecule has 1 aromatic heterocycles. The highest BCUT2D eigenvalue weighted by Crippen LogP contribution is 2.21. The summed E-state index contributed by atoms with van der Waals surface area (Å²) in [6.45, 7) is 6.51.